The second-order valence-corrected chi connectivity index (χ2v) is 4.00. The Morgan fingerprint density at radius 1 is 1.05 bits per heavy atom. The van der Waals surface area contributed by atoms with E-state index in [-0.39, 0.29) is 17.3 Å². The first-order chi connectivity index (χ1) is 9.22. The molecule has 0 unspecified atom stereocenters. The maximum atomic E-state index is 5.80. The average Bonchev–Trinajstić information content (AvgIpc) is 2.39. The van der Waals surface area contributed by atoms with Crippen LogP contribution in [0.15, 0.2) is 24.3 Å². The van der Waals surface area contributed by atoms with Crippen LogP contribution in [0, 0.1) is 0 Å². The lowest BCUT2D eigenvalue weighted by Gasteiger charge is -2.09. The van der Waals surface area contributed by atoms with Crippen LogP contribution in [-0.2, 0) is 6.42 Å². The number of para-hydroxylation sites is 1. The highest BCUT2D eigenvalue weighted by molar-refractivity contribution is 6.28. The van der Waals surface area contributed by atoms with Gasteiger partial charge in [0.1, 0.15) is 5.75 Å². The topological polar surface area (TPSA) is 57.1 Å². The standard InChI is InChI=1S/C13H14ClN3O2/c1-3-9-7-5-6-8-10(9)19-13-16-11(14)15-12(17-13)18-4-2/h5-8H,3-4H2,1-2H3. The Morgan fingerprint density at radius 2 is 1.79 bits per heavy atom. The summed E-state index contributed by atoms with van der Waals surface area (Å²) < 4.78 is 10.8. The summed E-state index contributed by atoms with van der Waals surface area (Å²) in [7, 11) is 0. The molecule has 0 saturated carbocycles. The van der Waals surface area contributed by atoms with Crippen LogP contribution in [0.3, 0.4) is 0 Å². The van der Waals surface area contributed by atoms with Crippen molar-refractivity contribution in [3.05, 3.63) is 35.1 Å². The van der Waals surface area contributed by atoms with Crippen LogP contribution in [0.25, 0.3) is 0 Å². The molecule has 0 aliphatic carbocycles. The predicted molar refractivity (Wildman–Crippen MR) is 71.9 cm³/mol. The second-order valence-electron chi connectivity index (χ2n) is 3.67. The van der Waals surface area contributed by atoms with Gasteiger partial charge in [-0.3, -0.25) is 0 Å². The van der Waals surface area contributed by atoms with Gasteiger partial charge in [0.15, 0.2) is 0 Å². The molecule has 0 amide bonds. The van der Waals surface area contributed by atoms with Crippen molar-refractivity contribution in [2.24, 2.45) is 0 Å². The maximum absolute atomic E-state index is 5.80. The molecule has 1 aromatic carbocycles. The fourth-order valence-corrected chi connectivity index (χ4v) is 1.69. The minimum atomic E-state index is 0.0439. The van der Waals surface area contributed by atoms with Gasteiger partial charge >= 0.3 is 12.0 Å². The molecule has 0 saturated heterocycles. The SMILES string of the molecule is CCOc1nc(Cl)nc(Oc2ccccc2CC)n1. The van der Waals surface area contributed by atoms with E-state index in [0.717, 1.165) is 12.0 Å². The first kappa shape index (κ1) is 13.5. The fourth-order valence-electron chi connectivity index (χ4n) is 1.55. The molecule has 6 heteroatoms. The molecular weight excluding hydrogens is 266 g/mol. The zero-order chi connectivity index (χ0) is 13.7. The van der Waals surface area contributed by atoms with Gasteiger partial charge in [-0.25, -0.2) is 0 Å². The largest absolute Gasteiger partial charge is 0.464 e. The number of halogens is 1. The molecule has 0 atom stereocenters. The number of hydrogen-bond acceptors (Lipinski definition) is 5. The summed E-state index contributed by atoms with van der Waals surface area (Å²) in [5.74, 6) is 0.703. The van der Waals surface area contributed by atoms with E-state index in [1.54, 1.807) is 0 Å². The summed E-state index contributed by atoms with van der Waals surface area (Å²) in [4.78, 5) is 11.8. The molecule has 1 aromatic heterocycles. The van der Waals surface area contributed by atoms with E-state index in [1.807, 2.05) is 38.1 Å². The molecule has 0 spiro atoms. The smallest absolute Gasteiger partial charge is 0.329 e. The lowest BCUT2D eigenvalue weighted by Crippen LogP contribution is -2.02. The van der Waals surface area contributed by atoms with E-state index < -0.39 is 0 Å². The van der Waals surface area contributed by atoms with Crippen LogP contribution < -0.4 is 9.47 Å². The van der Waals surface area contributed by atoms with Crippen molar-refractivity contribution >= 4 is 11.6 Å². The molecule has 1 heterocycles. The number of ether oxygens (including phenoxy) is 2. The molecule has 2 aromatic rings. The molecule has 2 rings (SSSR count). The van der Waals surface area contributed by atoms with Gasteiger partial charge in [0.25, 0.3) is 0 Å². The van der Waals surface area contributed by atoms with Crippen molar-refractivity contribution in [2.75, 3.05) is 6.61 Å². The van der Waals surface area contributed by atoms with E-state index in [2.05, 4.69) is 15.0 Å². The van der Waals surface area contributed by atoms with Crippen molar-refractivity contribution in [3.63, 3.8) is 0 Å². The number of aryl methyl sites for hydroxylation is 1. The van der Waals surface area contributed by atoms with E-state index in [1.165, 1.54) is 0 Å². The van der Waals surface area contributed by atoms with Gasteiger partial charge in [-0.05, 0) is 36.6 Å². The van der Waals surface area contributed by atoms with E-state index in [4.69, 9.17) is 21.1 Å². The van der Waals surface area contributed by atoms with Crippen molar-refractivity contribution in [3.8, 4) is 17.8 Å². The normalized spacial score (nSPS) is 10.3. The van der Waals surface area contributed by atoms with Gasteiger partial charge in [0.05, 0.1) is 6.61 Å². The molecule has 0 aliphatic rings. The molecular formula is C13H14ClN3O2. The summed E-state index contributed by atoms with van der Waals surface area (Å²) in [6.45, 7) is 4.34. The van der Waals surface area contributed by atoms with Crippen LogP contribution in [0.1, 0.15) is 19.4 Å². The van der Waals surface area contributed by atoms with E-state index in [9.17, 15) is 0 Å². The number of aromatic nitrogens is 3. The van der Waals surface area contributed by atoms with Crippen molar-refractivity contribution in [1.82, 2.24) is 15.0 Å². The van der Waals surface area contributed by atoms with Gasteiger partial charge in [-0.15, -0.1) is 4.98 Å². The van der Waals surface area contributed by atoms with Crippen molar-refractivity contribution in [1.29, 1.82) is 0 Å². The summed E-state index contributed by atoms with van der Waals surface area (Å²) in [6, 6.07) is 7.98. The Hall–Kier alpha value is -1.88. The van der Waals surface area contributed by atoms with Gasteiger partial charge in [-0.1, -0.05) is 25.1 Å². The maximum Gasteiger partial charge on any atom is 0.329 e. The zero-order valence-corrected chi connectivity index (χ0v) is 11.5. The summed E-state index contributed by atoms with van der Waals surface area (Å²) in [5.41, 5.74) is 1.07. The Kier molecular flexibility index (Phi) is 4.52. The fraction of sp³-hybridized carbons (Fsp3) is 0.308. The molecule has 0 N–H and O–H groups in total. The molecule has 0 fully saturated rings. The number of nitrogens with zero attached hydrogens (tertiary/aromatic N) is 3. The monoisotopic (exact) mass is 279 g/mol. The van der Waals surface area contributed by atoms with Gasteiger partial charge in [0.2, 0.25) is 5.28 Å². The second kappa shape index (κ2) is 6.33. The highest BCUT2D eigenvalue weighted by Gasteiger charge is 2.09. The van der Waals surface area contributed by atoms with Crippen molar-refractivity contribution < 1.29 is 9.47 Å². The lowest BCUT2D eigenvalue weighted by molar-refractivity contribution is 0.303. The molecule has 19 heavy (non-hydrogen) atoms. The predicted octanol–water partition coefficient (Wildman–Crippen LogP) is 3.28. The van der Waals surface area contributed by atoms with Crippen LogP contribution >= 0.6 is 11.6 Å². The molecule has 0 aliphatic heterocycles. The van der Waals surface area contributed by atoms with Gasteiger partial charge in [0, 0.05) is 0 Å². The quantitative estimate of drug-likeness (QED) is 0.841. The number of rotatable bonds is 5. The summed E-state index contributed by atoms with van der Waals surface area (Å²) in [6.07, 6.45) is 0.854. The van der Waals surface area contributed by atoms with Crippen molar-refractivity contribution in [2.45, 2.75) is 20.3 Å². The summed E-state index contributed by atoms with van der Waals surface area (Å²) in [5, 5.41) is 0.0439. The third-order valence-corrected chi connectivity index (χ3v) is 2.56. The average molecular weight is 280 g/mol. The highest BCUT2D eigenvalue weighted by atomic mass is 35.5. The van der Waals surface area contributed by atoms with Gasteiger partial charge < -0.3 is 9.47 Å². The minimum absolute atomic E-state index is 0.0439. The minimum Gasteiger partial charge on any atom is -0.464 e. The van der Waals surface area contributed by atoms with E-state index >= 15 is 0 Å². The molecule has 0 radical (unpaired) electrons. The number of hydrogen-bond donors (Lipinski definition) is 0. The Bertz CT molecular complexity index is 563. The lowest BCUT2D eigenvalue weighted by atomic mass is 10.1. The molecule has 100 valence electrons. The highest BCUT2D eigenvalue weighted by Crippen LogP contribution is 2.24. The van der Waals surface area contributed by atoms with E-state index in [0.29, 0.717) is 12.4 Å². The third-order valence-electron chi connectivity index (χ3n) is 2.40. The van der Waals surface area contributed by atoms with Gasteiger partial charge in [-0.2, -0.15) is 9.97 Å². The molecule has 0 bridgehead atoms. The zero-order valence-electron chi connectivity index (χ0n) is 10.8. The first-order valence-electron chi connectivity index (χ1n) is 6.03. The van der Waals surface area contributed by atoms with Crippen LogP contribution in [0.4, 0.5) is 0 Å². The Morgan fingerprint density at radius 3 is 2.53 bits per heavy atom. The number of benzene rings is 1. The van der Waals surface area contributed by atoms with Crippen LogP contribution in [0.5, 0.6) is 17.8 Å². The summed E-state index contributed by atoms with van der Waals surface area (Å²) >= 11 is 5.80. The van der Waals surface area contributed by atoms with Crippen LogP contribution in [-0.4, -0.2) is 21.6 Å². The van der Waals surface area contributed by atoms with Crippen LogP contribution in [0.2, 0.25) is 5.28 Å². The molecule has 5 nitrogen and oxygen atoms in total. The first-order valence-corrected chi connectivity index (χ1v) is 6.40. The Labute approximate surface area is 116 Å². The third kappa shape index (κ3) is 3.54. The Balaban J connectivity index is 2.27.